The van der Waals surface area contributed by atoms with Gasteiger partial charge < -0.3 is 0 Å². The predicted octanol–water partition coefficient (Wildman–Crippen LogP) is 3.10. The topological polar surface area (TPSA) is 0 Å². The molecule has 0 aliphatic carbocycles. The van der Waals surface area contributed by atoms with E-state index in [1.54, 1.807) is 0 Å². The molecule has 0 bridgehead atoms. The van der Waals surface area contributed by atoms with Gasteiger partial charge in [0.1, 0.15) is 0 Å². The van der Waals surface area contributed by atoms with Crippen LogP contribution in [0, 0.1) is 0 Å². The Morgan fingerprint density at radius 1 is 1.00 bits per heavy atom. The van der Waals surface area contributed by atoms with Crippen molar-refractivity contribution in [2.75, 3.05) is 0 Å². The van der Waals surface area contributed by atoms with Crippen molar-refractivity contribution in [3.8, 4) is 0 Å². The van der Waals surface area contributed by atoms with Gasteiger partial charge in [-0.3, -0.25) is 0 Å². The van der Waals surface area contributed by atoms with Gasteiger partial charge in [0.2, 0.25) is 0 Å². The molecule has 0 aliphatic rings. The fraction of sp³-hybridized carbons (Fsp3) is 0. The van der Waals surface area contributed by atoms with E-state index in [2.05, 4.69) is 12.6 Å². The molecule has 0 amide bonds. The van der Waals surface area contributed by atoms with E-state index >= 15 is 0 Å². The molecule has 0 unspecified atom stereocenters. The molecule has 0 fully saturated rings. The standard InChI is InChI=1S/C5H5S.C5H5.Fe/c6-5-3-1-2-4-5;1-2-4-5-3-1;/h1-4,6H;1-5H;/q2*-1;+2. The van der Waals surface area contributed by atoms with E-state index in [1.807, 2.05) is 54.6 Å². The summed E-state index contributed by atoms with van der Waals surface area (Å²) in [5, 5.41) is 0. The van der Waals surface area contributed by atoms with E-state index in [4.69, 9.17) is 0 Å². The molecule has 0 aromatic heterocycles. The molecule has 0 aliphatic heterocycles. The SMILES string of the molecule is Sc1ccc[cH-]1.[Fe+2].c1cc[cH-]c1. The van der Waals surface area contributed by atoms with Gasteiger partial charge in [0.25, 0.3) is 0 Å². The molecule has 0 saturated carbocycles. The summed E-state index contributed by atoms with van der Waals surface area (Å²) < 4.78 is 0. The number of thiol groups is 1. The number of rotatable bonds is 0. The van der Waals surface area contributed by atoms with Crippen LogP contribution in [0.15, 0.2) is 59.5 Å². The Morgan fingerprint density at radius 3 is 1.83 bits per heavy atom. The first-order valence-corrected chi connectivity index (χ1v) is 3.91. The second kappa shape index (κ2) is 7.23. The van der Waals surface area contributed by atoms with Gasteiger partial charge in [-0.2, -0.15) is 43.0 Å². The molecule has 0 heterocycles. The largest absolute Gasteiger partial charge is 2.00 e. The van der Waals surface area contributed by atoms with Crippen molar-refractivity contribution >= 4 is 12.6 Å². The van der Waals surface area contributed by atoms with Crippen LogP contribution in [-0.4, -0.2) is 0 Å². The molecule has 2 rings (SSSR count). The van der Waals surface area contributed by atoms with Crippen LogP contribution in [0.1, 0.15) is 0 Å². The minimum absolute atomic E-state index is 0. The Labute approximate surface area is 89.2 Å². The van der Waals surface area contributed by atoms with Crippen LogP contribution in [0.25, 0.3) is 0 Å². The smallest absolute Gasteiger partial charge is 0.214 e. The third-order valence-corrected chi connectivity index (χ3v) is 1.50. The monoisotopic (exact) mass is 218 g/mol. The third kappa shape index (κ3) is 5.25. The van der Waals surface area contributed by atoms with Gasteiger partial charge in [-0.05, 0) is 0 Å². The Balaban J connectivity index is 0.000000189. The van der Waals surface area contributed by atoms with Gasteiger partial charge in [-0.15, -0.1) is 4.90 Å². The van der Waals surface area contributed by atoms with Crippen LogP contribution >= 0.6 is 12.6 Å². The predicted molar refractivity (Wildman–Crippen MR) is 51.3 cm³/mol. The molecule has 12 heavy (non-hydrogen) atoms. The van der Waals surface area contributed by atoms with Crippen molar-refractivity contribution in [2.45, 2.75) is 4.90 Å². The van der Waals surface area contributed by atoms with E-state index in [9.17, 15) is 0 Å². The molecule has 0 radical (unpaired) electrons. The summed E-state index contributed by atoms with van der Waals surface area (Å²) in [6.07, 6.45) is 0. The third-order valence-electron chi connectivity index (χ3n) is 1.20. The van der Waals surface area contributed by atoms with Gasteiger partial charge in [0.05, 0.1) is 0 Å². The average molecular weight is 218 g/mol. The zero-order chi connectivity index (χ0) is 7.94. The van der Waals surface area contributed by atoms with E-state index in [-0.39, 0.29) is 17.1 Å². The molecule has 0 atom stereocenters. The second-order valence-corrected chi connectivity index (χ2v) is 2.62. The first-order chi connectivity index (χ1) is 5.39. The zero-order valence-corrected chi connectivity index (χ0v) is 8.50. The van der Waals surface area contributed by atoms with Crippen LogP contribution in [-0.2, 0) is 17.1 Å². The van der Waals surface area contributed by atoms with E-state index in [0.717, 1.165) is 4.90 Å². The van der Waals surface area contributed by atoms with Gasteiger partial charge in [-0.25, -0.2) is 24.3 Å². The maximum Gasteiger partial charge on any atom is 2.00 e. The van der Waals surface area contributed by atoms with Gasteiger partial charge in [0.15, 0.2) is 0 Å². The molecule has 0 saturated heterocycles. The van der Waals surface area contributed by atoms with Crippen LogP contribution < -0.4 is 0 Å². The van der Waals surface area contributed by atoms with E-state index < -0.39 is 0 Å². The van der Waals surface area contributed by atoms with Crippen LogP contribution in [0.4, 0.5) is 0 Å². The summed E-state index contributed by atoms with van der Waals surface area (Å²) in [6.45, 7) is 0. The molecule has 0 nitrogen and oxygen atoms in total. The molecule has 0 N–H and O–H groups in total. The molecular formula is C10H10FeS. The molecular weight excluding hydrogens is 208 g/mol. The van der Waals surface area contributed by atoms with E-state index in [0.29, 0.717) is 0 Å². The summed E-state index contributed by atoms with van der Waals surface area (Å²) in [6, 6.07) is 17.8. The van der Waals surface area contributed by atoms with Crippen LogP contribution in [0.5, 0.6) is 0 Å². The second-order valence-electron chi connectivity index (χ2n) is 2.11. The first-order valence-electron chi connectivity index (χ1n) is 3.47. The van der Waals surface area contributed by atoms with Gasteiger partial charge in [0, 0.05) is 0 Å². The Kier molecular flexibility index (Phi) is 6.97. The van der Waals surface area contributed by atoms with Crippen LogP contribution in [0.2, 0.25) is 0 Å². The van der Waals surface area contributed by atoms with Crippen molar-refractivity contribution < 1.29 is 17.1 Å². The van der Waals surface area contributed by atoms with Crippen LogP contribution in [0.3, 0.4) is 0 Å². The minimum atomic E-state index is 0. The minimum Gasteiger partial charge on any atom is -0.214 e. The zero-order valence-electron chi connectivity index (χ0n) is 6.50. The quantitative estimate of drug-likeness (QED) is 0.392. The fourth-order valence-corrected chi connectivity index (χ4v) is 0.857. The van der Waals surface area contributed by atoms with Crippen molar-refractivity contribution in [3.05, 3.63) is 54.6 Å². The average Bonchev–Trinajstić information content (AvgIpc) is 2.57. The van der Waals surface area contributed by atoms with Crippen molar-refractivity contribution in [2.24, 2.45) is 0 Å². The normalized spacial score (nSPS) is 7.75. The van der Waals surface area contributed by atoms with Crippen molar-refractivity contribution in [3.63, 3.8) is 0 Å². The Bertz CT molecular complexity index is 228. The number of hydrogen-bond acceptors (Lipinski definition) is 1. The molecule has 2 aromatic rings. The first kappa shape index (κ1) is 11.6. The van der Waals surface area contributed by atoms with Crippen molar-refractivity contribution in [1.82, 2.24) is 0 Å². The number of hydrogen-bond donors (Lipinski definition) is 1. The van der Waals surface area contributed by atoms with Gasteiger partial charge >= 0.3 is 17.1 Å². The maximum atomic E-state index is 4.04. The summed E-state index contributed by atoms with van der Waals surface area (Å²) in [4.78, 5) is 1.04. The maximum absolute atomic E-state index is 4.04. The summed E-state index contributed by atoms with van der Waals surface area (Å²) in [5.74, 6) is 0. The Morgan fingerprint density at radius 2 is 1.67 bits per heavy atom. The molecule has 2 heteroatoms. The molecule has 0 spiro atoms. The summed E-state index contributed by atoms with van der Waals surface area (Å²) >= 11 is 4.04. The Hall–Kier alpha value is -0.431. The molecule has 2 aromatic carbocycles. The fourth-order valence-electron chi connectivity index (χ4n) is 0.685. The summed E-state index contributed by atoms with van der Waals surface area (Å²) in [7, 11) is 0. The van der Waals surface area contributed by atoms with E-state index in [1.165, 1.54) is 0 Å². The van der Waals surface area contributed by atoms with Gasteiger partial charge in [-0.1, -0.05) is 0 Å². The molecule has 64 valence electrons. The van der Waals surface area contributed by atoms with Crippen molar-refractivity contribution in [1.29, 1.82) is 0 Å². The summed E-state index contributed by atoms with van der Waals surface area (Å²) in [5.41, 5.74) is 0.